The van der Waals surface area contributed by atoms with Gasteiger partial charge in [-0.3, -0.25) is 4.79 Å². The van der Waals surface area contributed by atoms with Crippen molar-refractivity contribution in [1.29, 1.82) is 0 Å². The quantitative estimate of drug-likeness (QED) is 0.797. The summed E-state index contributed by atoms with van der Waals surface area (Å²) in [6, 6.07) is 4.99. The van der Waals surface area contributed by atoms with Gasteiger partial charge in [0, 0.05) is 0 Å². The molecular weight excluding hydrogens is 211 g/mol. The van der Waals surface area contributed by atoms with Gasteiger partial charge < -0.3 is 11.1 Å². The summed E-state index contributed by atoms with van der Waals surface area (Å²) in [6.45, 7) is -0.0805. The van der Waals surface area contributed by atoms with Gasteiger partial charge in [0.1, 0.15) is 0 Å². The molecule has 0 radical (unpaired) electrons. The number of nitrogens with two attached hydrogens (primary N) is 1. The van der Waals surface area contributed by atoms with Crippen molar-refractivity contribution >= 4 is 34.8 Å². The van der Waals surface area contributed by atoms with Gasteiger partial charge in [-0.2, -0.15) is 0 Å². The van der Waals surface area contributed by atoms with Gasteiger partial charge in [-0.25, -0.2) is 0 Å². The van der Waals surface area contributed by atoms with Crippen LogP contribution in [0.4, 0.5) is 5.69 Å². The fourth-order valence-corrected chi connectivity index (χ4v) is 1.15. The second kappa shape index (κ2) is 4.46. The van der Waals surface area contributed by atoms with Crippen molar-refractivity contribution in [3.63, 3.8) is 0 Å². The molecule has 0 fully saturated rings. The molecule has 70 valence electrons. The Hall–Kier alpha value is -0.770. The Balaban J connectivity index is 2.89. The Labute approximate surface area is 85.8 Å². The Bertz CT molecular complexity index is 328. The van der Waals surface area contributed by atoms with Crippen LogP contribution in [-0.4, -0.2) is 12.5 Å². The third-order valence-corrected chi connectivity index (χ3v) is 2.23. The van der Waals surface area contributed by atoms with E-state index in [0.29, 0.717) is 15.7 Å². The monoisotopic (exact) mass is 218 g/mol. The van der Waals surface area contributed by atoms with Crippen LogP contribution in [0.3, 0.4) is 0 Å². The van der Waals surface area contributed by atoms with E-state index >= 15 is 0 Å². The molecule has 13 heavy (non-hydrogen) atoms. The van der Waals surface area contributed by atoms with Crippen LogP contribution in [0, 0.1) is 0 Å². The van der Waals surface area contributed by atoms with Crippen molar-refractivity contribution in [2.24, 2.45) is 5.73 Å². The lowest BCUT2D eigenvalue weighted by molar-refractivity contribution is -0.114. The molecule has 1 aromatic rings. The van der Waals surface area contributed by atoms with Gasteiger partial charge >= 0.3 is 0 Å². The number of anilines is 1. The first-order chi connectivity index (χ1) is 6.15. The van der Waals surface area contributed by atoms with E-state index in [1.807, 2.05) is 0 Å². The highest BCUT2D eigenvalue weighted by molar-refractivity contribution is 6.43. The smallest absolute Gasteiger partial charge is 0.238 e. The summed E-state index contributed by atoms with van der Waals surface area (Å²) in [4.78, 5) is 10.9. The van der Waals surface area contributed by atoms with Gasteiger partial charge in [-0.05, 0) is 12.1 Å². The van der Waals surface area contributed by atoms with E-state index in [9.17, 15) is 4.79 Å². The zero-order chi connectivity index (χ0) is 9.84. The van der Waals surface area contributed by atoms with Gasteiger partial charge in [0.25, 0.3) is 0 Å². The molecule has 0 heterocycles. The largest absolute Gasteiger partial charge is 0.324 e. The first-order valence-electron chi connectivity index (χ1n) is 3.59. The molecule has 0 spiro atoms. The molecule has 0 unspecified atom stereocenters. The lowest BCUT2D eigenvalue weighted by Gasteiger charge is -2.06. The van der Waals surface area contributed by atoms with E-state index in [-0.39, 0.29) is 12.5 Å². The van der Waals surface area contributed by atoms with E-state index in [1.54, 1.807) is 18.2 Å². The zero-order valence-electron chi connectivity index (χ0n) is 6.68. The minimum absolute atomic E-state index is 0.0805. The predicted molar refractivity (Wildman–Crippen MR) is 54.1 cm³/mol. The van der Waals surface area contributed by atoms with Crippen LogP contribution >= 0.6 is 23.2 Å². The van der Waals surface area contributed by atoms with E-state index in [0.717, 1.165) is 0 Å². The van der Waals surface area contributed by atoms with Gasteiger partial charge in [0.05, 0.1) is 22.3 Å². The molecule has 1 amide bonds. The maximum absolute atomic E-state index is 10.9. The van der Waals surface area contributed by atoms with Crippen LogP contribution in [0.25, 0.3) is 0 Å². The number of halogens is 2. The van der Waals surface area contributed by atoms with Crippen LogP contribution in [-0.2, 0) is 4.79 Å². The molecule has 1 rings (SSSR count). The summed E-state index contributed by atoms with van der Waals surface area (Å²) in [7, 11) is 0. The number of carbonyl (C=O) groups is 1. The first-order valence-corrected chi connectivity index (χ1v) is 4.34. The molecule has 1 aromatic carbocycles. The highest BCUT2D eigenvalue weighted by Crippen LogP contribution is 2.29. The third-order valence-electron chi connectivity index (χ3n) is 1.41. The second-order valence-corrected chi connectivity index (χ2v) is 3.14. The highest BCUT2D eigenvalue weighted by Gasteiger charge is 2.05. The summed E-state index contributed by atoms with van der Waals surface area (Å²) in [5.74, 6) is -0.302. The van der Waals surface area contributed by atoms with E-state index in [1.165, 1.54) is 0 Å². The lowest BCUT2D eigenvalue weighted by atomic mass is 10.3. The summed E-state index contributed by atoms with van der Waals surface area (Å²) in [5, 5.41) is 3.24. The minimum atomic E-state index is -0.302. The number of amides is 1. The predicted octanol–water partition coefficient (Wildman–Crippen LogP) is 1.89. The fraction of sp³-hybridized carbons (Fsp3) is 0.125. The summed E-state index contributed by atoms with van der Waals surface area (Å²) in [6.07, 6.45) is 0. The summed E-state index contributed by atoms with van der Waals surface area (Å²) < 4.78 is 0. The molecule has 3 N–H and O–H groups in total. The molecule has 0 atom stereocenters. The molecule has 0 aliphatic heterocycles. The Morgan fingerprint density at radius 2 is 2.15 bits per heavy atom. The highest BCUT2D eigenvalue weighted by atomic mass is 35.5. The van der Waals surface area contributed by atoms with Crippen LogP contribution in [0.1, 0.15) is 0 Å². The Kier molecular flexibility index (Phi) is 3.54. The molecule has 0 aliphatic carbocycles. The molecule has 0 aromatic heterocycles. The molecule has 0 bridgehead atoms. The molecule has 0 saturated heterocycles. The molecule has 0 saturated carbocycles. The second-order valence-electron chi connectivity index (χ2n) is 2.35. The molecule has 3 nitrogen and oxygen atoms in total. The molecule has 5 heteroatoms. The minimum Gasteiger partial charge on any atom is -0.324 e. The summed E-state index contributed by atoms with van der Waals surface area (Å²) >= 11 is 11.5. The normalized spacial score (nSPS) is 9.77. The van der Waals surface area contributed by atoms with Crippen molar-refractivity contribution < 1.29 is 4.79 Å². The van der Waals surface area contributed by atoms with Crippen LogP contribution in [0.5, 0.6) is 0 Å². The Morgan fingerprint density at radius 1 is 1.46 bits per heavy atom. The van der Waals surface area contributed by atoms with Gasteiger partial charge in [-0.15, -0.1) is 0 Å². The maximum atomic E-state index is 10.9. The zero-order valence-corrected chi connectivity index (χ0v) is 8.19. The standard InChI is InChI=1S/C8H8Cl2N2O/c9-5-2-1-3-6(8(5)10)12-7(13)4-11/h1-3H,4,11H2,(H,12,13). The SMILES string of the molecule is NCC(=O)Nc1cccc(Cl)c1Cl. The maximum Gasteiger partial charge on any atom is 0.238 e. The van der Waals surface area contributed by atoms with Gasteiger partial charge in [-0.1, -0.05) is 29.3 Å². The third kappa shape index (κ3) is 2.59. The number of hydrogen-bond acceptors (Lipinski definition) is 2. The number of nitrogens with one attached hydrogen (secondary N) is 1. The van der Waals surface area contributed by atoms with E-state index < -0.39 is 0 Å². The van der Waals surface area contributed by atoms with Gasteiger partial charge in [0.15, 0.2) is 0 Å². The van der Waals surface area contributed by atoms with Crippen molar-refractivity contribution in [2.45, 2.75) is 0 Å². The van der Waals surface area contributed by atoms with Crippen molar-refractivity contribution in [3.8, 4) is 0 Å². The average Bonchev–Trinajstić information content (AvgIpc) is 2.13. The van der Waals surface area contributed by atoms with E-state index in [4.69, 9.17) is 28.9 Å². The lowest BCUT2D eigenvalue weighted by Crippen LogP contribution is -2.21. The number of carbonyl (C=O) groups excluding carboxylic acids is 1. The summed E-state index contributed by atoms with van der Waals surface area (Å²) in [5.41, 5.74) is 5.60. The average molecular weight is 219 g/mol. The number of hydrogen-bond donors (Lipinski definition) is 2. The topological polar surface area (TPSA) is 55.1 Å². The van der Waals surface area contributed by atoms with Crippen molar-refractivity contribution in [3.05, 3.63) is 28.2 Å². The fourth-order valence-electron chi connectivity index (χ4n) is 0.802. The number of benzene rings is 1. The van der Waals surface area contributed by atoms with Crippen LogP contribution < -0.4 is 11.1 Å². The molecular formula is C8H8Cl2N2O. The first kappa shape index (κ1) is 10.3. The van der Waals surface area contributed by atoms with Gasteiger partial charge in [0.2, 0.25) is 5.91 Å². The van der Waals surface area contributed by atoms with Crippen LogP contribution in [0.15, 0.2) is 18.2 Å². The van der Waals surface area contributed by atoms with Crippen molar-refractivity contribution in [2.75, 3.05) is 11.9 Å². The molecule has 0 aliphatic rings. The van der Waals surface area contributed by atoms with Crippen molar-refractivity contribution in [1.82, 2.24) is 0 Å². The van der Waals surface area contributed by atoms with Crippen LogP contribution in [0.2, 0.25) is 10.0 Å². The van der Waals surface area contributed by atoms with E-state index in [2.05, 4.69) is 5.32 Å². The Morgan fingerprint density at radius 3 is 2.77 bits per heavy atom. The number of rotatable bonds is 2.